The van der Waals surface area contributed by atoms with Gasteiger partial charge in [-0.1, -0.05) is 37.3 Å². The van der Waals surface area contributed by atoms with Crippen molar-refractivity contribution in [3.63, 3.8) is 0 Å². The predicted molar refractivity (Wildman–Crippen MR) is 120 cm³/mol. The third kappa shape index (κ3) is 4.60. The van der Waals surface area contributed by atoms with Gasteiger partial charge in [-0.05, 0) is 29.7 Å². The third-order valence-corrected chi connectivity index (χ3v) is 5.34. The van der Waals surface area contributed by atoms with Gasteiger partial charge in [-0.3, -0.25) is 0 Å². The lowest BCUT2D eigenvalue weighted by Crippen LogP contribution is -2.18. The number of hydrogen-bond acceptors (Lipinski definition) is 8. The van der Waals surface area contributed by atoms with E-state index >= 15 is 0 Å². The van der Waals surface area contributed by atoms with Gasteiger partial charge in [0.2, 0.25) is 17.8 Å². The molecule has 0 aliphatic carbocycles. The fourth-order valence-corrected chi connectivity index (χ4v) is 3.62. The minimum absolute atomic E-state index is 0.334. The maximum absolute atomic E-state index is 4.56. The fraction of sp³-hybridized carbons (Fsp3) is 0.238. The molecule has 8 heteroatoms. The first-order chi connectivity index (χ1) is 14.1. The zero-order chi connectivity index (χ0) is 20.2. The standard InChI is InChI=1S/C21H23N7S/c1-14(15-7-5-4-6-8-15)12-22-19-25-20(27-21(26-19)28(2)3)24-16-9-10-17-18(11-16)29-13-23-17/h4-11,13-14H,12H2,1-3H3,(H2,22,24,25,26,27). The first-order valence-electron chi connectivity index (χ1n) is 9.41. The van der Waals surface area contributed by atoms with E-state index < -0.39 is 0 Å². The van der Waals surface area contributed by atoms with Gasteiger partial charge in [0.15, 0.2) is 0 Å². The van der Waals surface area contributed by atoms with Gasteiger partial charge >= 0.3 is 0 Å². The summed E-state index contributed by atoms with van der Waals surface area (Å²) in [5.41, 5.74) is 5.03. The van der Waals surface area contributed by atoms with Crippen molar-refractivity contribution in [2.45, 2.75) is 12.8 Å². The topological polar surface area (TPSA) is 78.9 Å². The second-order valence-electron chi connectivity index (χ2n) is 7.03. The largest absolute Gasteiger partial charge is 0.353 e. The molecule has 1 atom stereocenters. The molecule has 2 aromatic carbocycles. The van der Waals surface area contributed by atoms with E-state index in [4.69, 9.17) is 0 Å². The molecule has 0 amide bonds. The van der Waals surface area contributed by atoms with Crippen LogP contribution in [0.3, 0.4) is 0 Å². The lowest BCUT2D eigenvalue weighted by Gasteiger charge is -2.16. The van der Waals surface area contributed by atoms with Crippen molar-refractivity contribution in [2.24, 2.45) is 0 Å². The summed E-state index contributed by atoms with van der Waals surface area (Å²) in [6, 6.07) is 16.4. The Morgan fingerprint density at radius 2 is 1.79 bits per heavy atom. The molecule has 0 radical (unpaired) electrons. The van der Waals surface area contributed by atoms with E-state index in [-0.39, 0.29) is 0 Å². The summed E-state index contributed by atoms with van der Waals surface area (Å²) in [7, 11) is 3.83. The third-order valence-electron chi connectivity index (χ3n) is 4.55. The van der Waals surface area contributed by atoms with Gasteiger partial charge in [-0.25, -0.2) is 4.98 Å². The van der Waals surface area contributed by atoms with Crippen molar-refractivity contribution in [1.29, 1.82) is 0 Å². The lowest BCUT2D eigenvalue weighted by atomic mass is 10.0. The number of rotatable bonds is 7. The van der Waals surface area contributed by atoms with E-state index in [0.29, 0.717) is 23.8 Å². The Kier molecular flexibility index (Phi) is 5.53. The Hall–Kier alpha value is -3.26. The van der Waals surface area contributed by atoms with Crippen molar-refractivity contribution in [3.05, 3.63) is 59.6 Å². The maximum Gasteiger partial charge on any atom is 0.233 e. The van der Waals surface area contributed by atoms with Gasteiger partial charge in [0, 0.05) is 26.3 Å². The van der Waals surface area contributed by atoms with Gasteiger partial charge in [-0.15, -0.1) is 11.3 Å². The van der Waals surface area contributed by atoms with Crippen molar-refractivity contribution in [2.75, 3.05) is 36.2 Å². The van der Waals surface area contributed by atoms with E-state index in [2.05, 4.69) is 67.8 Å². The number of nitrogens with one attached hydrogen (secondary N) is 2. The normalized spacial score (nSPS) is 12.0. The highest BCUT2D eigenvalue weighted by Gasteiger charge is 2.11. The molecule has 7 nitrogen and oxygen atoms in total. The number of anilines is 4. The number of hydrogen-bond donors (Lipinski definition) is 2. The van der Waals surface area contributed by atoms with Crippen LogP contribution < -0.4 is 15.5 Å². The van der Waals surface area contributed by atoms with Gasteiger partial charge < -0.3 is 15.5 Å². The van der Waals surface area contributed by atoms with Crippen molar-refractivity contribution < 1.29 is 0 Å². The molecule has 4 rings (SSSR count). The van der Waals surface area contributed by atoms with E-state index in [1.54, 1.807) is 11.3 Å². The second kappa shape index (κ2) is 8.40. The fourth-order valence-electron chi connectivity index (χ4n) is 2.91. The molecule has 0 saturated carbocycles. The molecular weight excluding hydrogens is 382 g/mol. The Labute approximate surface area is 173 Å². The first kappa shape index (κ1) is 19.1. The molecule has 0 bridgehead atoms. The molecule has 148 valence electrons. The van der Waals surface area contributed by atoms with Crippen molar-refractivity contribution in [3.8, 4) is 0 Å². The molecule has 1 unspecified atom stereocenters. The smallest absolute Gasteiger partial charge is 0.233 e. The average molecular weight is 406 g/mol. The summed E-state index contributed by atoms with van der Waals surface area (Å²) in [6.45, 7) is 2.91. The van der Waals surface area contributed by atoms with E-state index in [1.807, 2.05) is 42.7 Å². The zero-order valence-corrected chi connectivity index (χ0v) is 17.4. The van der Waals surface area contributed by atoms with Crippen LogP contribution in [-0.4, -0.2) is 40.6 Å². The van der Waals surface area contributed by atoms with Crippen LogP contribution in [0.4, 0.5) is 23.5 Å². The molecule has 4 aromatic rings. The van der Waals surface area contributed by atoms with Gasteiger partial charge in [0.05, 0.1) is 15.7 Å². The van der Waals surface area contributed by atoms with Crippen LogP contribution in [-0.2, 0) is 0 Å². The number of aromatic nitrogens is 4. The van der Waals surface area contributed by atoms with Crippen LogP contribution in [0.25, 0.3) is 10.2 Å². The number of benzene rings is 2. The second-order valence-corrected chi connectivity index (χ2v) is 7.92. The van der Waals surface area contributed by atoms with Crippen molar-refractivity contribution >= 4 is 45.1 Å². The Balaban J connectivity index is 1.53. The highest BCUT2D eigenvalue weighted by molar-refractivity contribution is 7.16. The Bertz CT molecular complexity index is 1090. The SMILES string of the molecule is CC(CNc1nc(Nc2ccc3ncsc3c2)nc(N(C)C)n1)c1ccccc1. The molecule has 0 aliphatic rings. The van der Waals surface area contributed by atoms with Crippen LogP contribution in [0.5, 0.6) is 0 Å². The minimum atomic E-state index is 0.334. The quantitative estimate of drug-likeness (QED) is 0.468. The summed E-state index contributed by atoms with van der Waals surface area (Å²) in [6.07, 6.45) is 0. The zero-order valence-electron chi connectivity index (χ0n) is 16.6. The van der Waals surface area contributed by atoms with Crippen LogP contribution in [0, 0.1) is 0 Å². The first-order valence-corrected chi connectivity index (χ1v) is 10.3. The van der Waals surface area contributed by atoms with Gasteiger partial charge in [-0.2, -0.15) is 15.0 Å². The van der Waals surface area contributed by atoms with Crippen LogP contribution in [0.2, 0.25) is 0 Å². The molecule has 2 N–H and O–H groups in total. The average Bonchev–Trinajstić information content (AvgIpc) is 3.20. The molecule has 29 heavy (non-hydrogen) atoms. The highest BCUT2D eigenvalue weighted by Crippen LogP contribution is 2.24. The number of nitrogens with zero attached hydrogens (tertiary/aromatic N) is 5. The Morgan fingerprint density at radius 1 is 1.00 bits per heavy atom. The summed E-state index contributed by atoms with van der Waals surface area (Å²) >= 11 is 1.61. The van der Waals surface area contributed by atoms with Gasteiger partial charge in [0.1, 0.15) is 0 Å². The summed E-state index contributed by atoms with van der Waals surface area (Å²) in [5.74, 6) is 1.98. The Morgan fingerprint density at radius 3 is 2.59 bits per heavy atom. The minimum Gasteiger partial charge on any atom is -0.353 e. The molecule has 2 heterocycles. The molecule has 0 spiro atoms. The monoisotopic (exact) mass is 405 g/mol. The number of fused-ring (bicyclic) bond motifs is 1. The summed E-state index contributed by atoms with van der Waals surface area (Å²) in [5, 5.41) is 6.64. The maximum atomic E-state index is 4.56. The molecule has 0 aliphatic heterocycles. The van der Waals surface area contributed by atoms with Crippen LogP contribution in [0.15, 0.2) is 54.0 Å². The van der Waals surface area contributed by atoms with Crippen LogP contribution in [0.1, 0.15) is 18.4 Å². The molecule has 0 fully saturated rings. The van der Waals surface area contributed by atoms with E-state index in [1.165, 1.54) is 5.56 Å². The summed E-state index contributed by atoms with van der Waals surface area (Å²) < 4.78 is 1.12. The predicted octanol–water partition coefficient (Wildman–Crippen LogP) is 4.51. The van der Waals surface area contributed by atoms with Crippen LogP contribution >= 0.6 is 11.3 Å². The molecule has 2 aromatic heterocycles. The molecular formula is C21H23N7S. The summed E-state index contributed by atoms with van der Waals surface area (Å²) in [4.78, 5) is 19.8. The van der Waals surface area contributed by atoms with Crippen molar-refractivity contribution in [1.82, 2.24) is 19.9 Å². The van der Waals surface area contributed by atoms with E-state index in [0.717, 1.165) is 22.4 Å². The van der Waals surface area contributed by atoms with Gasteiger partial charge in [0.25, 0.3) is 0 Å². The lowest BCUT2D eigenvalue weighted by molar-refractivity contribution is 0.794. The van der Waals surface area contributed by atoms with E-state index in [9.17, 15) is 0 Å². The number of thiazole rings is 1. The highest BCUT2D eigenvalue weighted by atomic mass is 32.1. The molecule has 0 saturated heterocycles.